The van der Waals surface area contributed by atoms with Crippen LogP contribution in [0.5, 0.6) is 0 Å². The van der Waals surface area contributed by atoms with E-state index >= 15 is 0 Å². The molecule has 29 heteroatoms. The predicted octanol–water partition coefficient (Wildman–Crippen LogP) is -3.32. The Morgan fingerprint density at radius 3 is 1.22 bits per heavy atom. The Balaban J connectivity index is 6.60. The summed E-state index contributed by atoms with van der Waals surface area (Å²) in [5, 5.41) is 59.3. The Kier molecular flexibility index (Phi) is 30.2. The Labute approximate surface area is 440 Å². The highest BCUT2D eigenvalue weighted by atomic mass is 16.4. The van der Waals surface area contributed by atoms with Gasteiger partial charge in [-0.2, -0.15) is 0 Å². The molecule has 0 radical (unpaired) electrons. The molecule has 0 aliphatic heterocycles. The van der Waals surface area contributed by atoms with Crippen molar-refractivity contribution in [1.82, 2.24) is 47.9 Å². The molecule has 0 unspecified atom stereocenters. The number of carboxylic acids is 4. The van der Waals surface area contributed by atoms with Gasteiger partial charge in [0.1, 0.15) is 54.4 Å². The van der Waals surface area contributed by atoms with Gasteiger partial charge in [0.05, 0.1) is 12.5 Å². The van der Waals surface area contributed by atoms with Crippen LogP contribution in [0.4, 0.5) is 0 Å². The van der Waals surface area contributed by atoms with Crippen LogP contribution >= 0.6 is 0 Å². The number of rotatable bonds is 36. The van der Waals surface area contributed by atoms with Crippen molar-refractivity contribution in [2.24, 2.45) is 35.1 Å². The molecule has 0 aromatic carbocycles. The average molecular weight is 1090 g/mol. The fourth-order valence-corrected chi connectivity index (χ4v) is 6.98. The molecule has 0 bridgehead atoms. The summed E-state index contributed by atoms with van der Waals surface area (Å²) in [5.74, 6) is -17.7. The van der Waals surface area contributed by atoms with Crippen molar-refractivity contribution >= 4 is 82.9 Å². The zero-order chi connectivity index (χ0) is 58.9. The Morgan fingerprint density at radius 1 is 0.408 bits per heavy atom. The van der Waals surface area contributed by atoms with Gasteiger partial charge in [0.15, 0.2) is 0 Å². The molecule has 0 saturated carbocycles. The molecule has 0 saturated heterocycles. The Bertz CT molecular complexity index is 2100. The number of nitrogens with one attached hydrogen (secondary N) is 9. The molecule has 0 aliphatic rings. The van der Waals surface area contributed by atoms with Gasteiger partial charge in [0.2, 0.25) is 59.1 Å². The van der Waals surface area contributed by atoms with Gasteiger partial charge in [-0.15, -0.1) is 0 Å². The second kappa shape index (κ2) is 33.5. The third-order valence-electron chi connectivity index (χ3n) is 11.7. The van der Waals surface area contributed by atoms with E-state index in [1.165, 1.54) is 34.6 Å². The second-order valence-corrected chi connectivity index (χ2v) is 19.6. The zero-order valence-electron chi connectivity index (χ0n) is 44.6. The summed E-state index contributed by atoms with van der Waals surface area (Å²) >= 11 is 0. The van der Waals surface area contributed by atoms with Gasteiger partial charge >= 0.3 is 23.9 Å². The number of carboxylic acid groups (broad SMARTS) is 4. The van der Waals surface area contributed by atoms with Crippen molar-refractivity contribution < 1.29 is 87.5 Å². The number of amides is 10. The summed E-state index contributed by atoms with van der Waals surface area (Å²) in [4.78, 5) is 179. The first-order valence-corrected chi connectivity index (χ1v) is 24.8. The summed E-state index contributed by atoms with van der Waals surface area (Å²) in [6, 6.07) is -15.0. The van der Waals surface area contributed by atoms with Crippen LogP contribution in [-0.2, 0) is 67.1 Å². The van der Waals surface area contributed by atoms with Crippen molar-refractivity contribution in [3.05, 3.63) is 0 Å². The van der Waals surface area contributed by atoms with E-state index in [2.05, 4.69) is 47.9 Å². The lowest BCUT2D eigenvalue weighted by Crippen LogP contribution is -2.61. The molecule has 0 aliphatic carbocycles. The number of aliphatic carboxylic acids is 4. The fourth-order valence-electron chi connectivity index (χ4n) is 6.98. The highest BCUT2D eigenvalue weighted by Crippen LogP contribution is 2.14. The second-order valence-electron chi connectivity index (χ2n) is 19.6. The minimum absolute atomic E-state index is 0.110. The maximum absolute atomic E-state index is 14.1. The Hall–Kier alpha value is -7.46. The van der Waals surface area contributed by atoms with E-state index in [-0.39, 0.29) is 31.6 Å². The molecule has 29 nitrogen and oxygen atoms in total. The highest BCUT2D eigenvalue weighted by molar-refractivity contribution is 5.99. The van der Waals surface area contributed by atoms with Crippen LogP contribution in [0.15, 0.2) is 0 Å². The van der Waals surface area contributed by atoms with Crippen LogP contribution in [0.2, 0.25) is 0 Å². The molecular formula is C47H79N11O18. The Morgan fingerprint density at radius 2 is 0.789 bits per heavy atom. The molecule has 17 N–H and O–H groups in total. The van der Waals surface area contributed by atoms with E-state index < -0.39 is 193 Å². The summed E-state index contributed by atoms with van der Waals surface area (Å²) in [6.07, 6.45) is -3.82. The summed E-state index contributed by atoms with van der Waals surface area (Å²) in [7, 11) is 0. The molecule has 430 valence electrons. The third-order valence-corrected chi connectivity index (χ3v) is 11.7. The number of carbonyl (C=O) groups is 14. The first kappa shape index (κ1) is 68.5. The molecule has 0 fully saturated rings. The van der Waals surface area contributed by atoms with Crippen molar-refractivity contribution in [2.45, 2.75) is 187 Å². The van der Waals surface area contributed by atoms with Crippen molar-refractivity contribution in [2.75, 3.05) is 0 Å². The highest BCUT2D eigenvalue weighted by Gasteiger charge is 2.37. The molecule has 0 spiro atoms. The molecule has 0 heterocycles. The first-order valence-electron chi connectivity index (χ1n) is 24.8. The molecular weight excluding hydrogens is 1010 g/mol. The third kappa shape index (κ3) is 25.7. The lowest BCUT2D eigenvalue weighted by atomic mass is 9.96. The summed E-state index contributed by atoms with van der Waals surface area (Å²) < 4.78 is 0. The van der Waals surface area contributed by atoms with Gasteiger partial charge < -0.3 is 79.7 Å². The van der Waals surface area contributed by atoms with Gasteiger partial charge in [-0.25, -0.2) is 4.79 Å². The van der Waals surface area contributed by atoms with E-state index in [4.69, 9.17) is 11.5 Å². The lowest BCUT2D eigenvalue weighted by Gasteiger charge is -2.30. The van der Waals surface area contributed by atoms with Crippen molar-refractivity contribution in [1.29, 1.82) is 0 Å². The molecule has 0 aromatic heterocycles. The first-order chi connectivity index (χ1) is 35.1. The molecule has 0 aromatic rings. The number of carbonyl (C=O) groups excluding carboxylic acids is 10. The van der Waals surface area contributed by atoms with E-state index in [9.17, 15) is 87.5 Å². The zero-order valence-corrected chi connectivity index (χ0v) is 44.6. The molecule has 10 amide bonds. The van der Waals surface area contributed by atoms with Crippen LogP contribution in [0, 0.1) is 23.7 Å². The van der Waals surface area contributed by atoms with Crippen LogP contribution in [0.25, 0.3) is 0 Å². The molecule has 11 atom stereocenters. The van der Waals surface area contributed by atoms with E-state index in [1.54, 1.807) is 34.6 Å². The summed E-state index contributed by atoms with van der Waals surface area (Å²) in [5.41, 5.74) is 11.0. The quantitative estimate of drug-likeness (QED) is 0.0292. The monoisotopic (exact) mass is 1090 g/mol. The minimum Gasteiger partial charge on any atom is -0.481 e. The largest absolute Gasteiger partial charge is 0.481 e. The average Bonchev–Trinajstić information content (AvgIpc) is 3.31. The van der Waals surface area contributed by atoms with Crippen LogP contribution in [0.1, 0.15) is 127 Å². The lowest BCUT2D eigenvalue weighted by molar-refractivity contribution is -0.144. The van der Waals surface area contributed by atoms with Crippen molar-refractivity contribution in [3.63, 3.8) is 0 Å². The van der Waals surface area contributed by atoms with Gasteiger partial charge in [-0.05, 0) is 63.2 Å². The number of nitrogens with two attached hydrogens (primary N) is 2. The van der Waals surface area contributed by atoms with E-state index in [0.29, 0.717) is 0 Å². The van der Waals surface area contributed by atoms with Gasteiger partial charge in [-0.3, -0.25) is 62.3 Å². The predicted molar refractivity (Wildman–Crippen MR) is 267 cm³/mol. The summed E-state index contributed by atoms with van der Waals surface area (Å²) in [6.45, 7) is 15.1. The van der Waals surface area contributed by atoms with Gasteiger partial charge in [-0.1, -0.05) is 61.8 Å². The molecule has 76 heavy (non-hydrogen) atoms. The maximum atomic E-state index is 14.1. The SMILES string of the molecule is CC[C@H](C)[C@H](NC(=O)[C@H](CCC(=O)O)NC(=O)[C@H](C)NC(=O)[C@@H](NC(=O)[C@@H](N)CCC(N)=O)C(C)C)C(=O)N[C@@H](CCC(=O)O)C(=O)N[C@@H](CC(C)C)C(=O)N[C@@H](CC(=O)O)C(=O)N[C@@H](C)C(=O)N[C@H](C(=O)O)C(C)C. The topological polar surface area (TPSA) is 480 Å². The normalized spacial score (nSPS) is 15.5. The van der Waals surface area contributed by atoms with Crippen LogP contribution < -0.4 is 59.3 Å². The minimum atomic E-state index is -1.86. The van der Waals surface area contributed by atoms with Gasteiger partial charge in [0.25, 0.3) is 0 Å². The molecule has 0 rings (SSSR count). The van der Waals surface area contributed by atoms with Crippen LogP contribution in [-0.4, -0.2) is 164 Å². The number of hydrogen-bond donors (Lipinski definition) is 15. The van der Waals surface area contributed by atoms with Crippen molar-refractivity contribution in [3.8, 4) is 0 Å². The smallest absolute Gasteiger partial charge is 0.326 e. The standard InChI is InChI=1S/C47H79N11O18/c1-11-23(8)37(58-42(70)28(14-17-33(62)63)52-38(66)24(9)51-45(73)35(21(4)5)56-40(68)26(48)12-15-31(49)59)46(74)53-27(13-16-32(60)61)41(69)54-29(18-20(2)3)44(72)55-30(19-34(64)65)43(71)50-25(10)39(67)57-36(22(6)7)47(75)76/h20-30,35-37H,11-19,48H2,1-10H3,(H2,49,59)(H,50,71)(H,51,73)(H,52,66)(H,53,74)(H,54,69)(H,55,72)(H,56,68)(H,57,67)(H,58,70)(H,60,61)(H,62,63)(H,64,65)(H,75,76)/t23-,24-,25-,26-,27-,28-,29-,30-,35-,36-,37-/m0/s1. The number of hydrogen-bond acceptors (Lipinski definition) is 15. The fraction of sp³-hybridized carbons (Fsp3) is 0.702. The van der Waals surface area contributed by atoms with Crippen LogP contribution in [0.3, 0.4) is 0 Å². The number of primary amides is 1. The van der Waals surface area contributed by atoms with E-state index in [1.807, 2.05) is 0 Å². The van der Waals surface area contributed by atoms with E-state index in [0.717, 1.165) is 0 Å². The maximum Gasteiger partial charge on any atom is 0.326 e. The van der Waals surface area contributed by atoms with Gasteiger partial charge in [0, 0.05) is 19.3 Å².